The van der Waals surface area contributed by atoms with E-state index in [4.69, 9.17) is 5.73 Å². The maximum absolute atomic E-state index is 12.2. The van der Waals surface area contributed by atoms with E-state index in [0.29, 0.717) is 12.2 Å². The van der Waals surface area contributed by atoms with Gasteiger partial charge in [0.2, 0.25) is 0 Å². The Morgan fingerprint density at radius 3 is 2.75 bits per heavy atom. The average molecular weight is 318 g/mol. The van der Waals surface area contributed by atoms with Crippen LogP contribution in [0.4, 0.5) is 0 Å². The Labute approximate surface area is 131 Å². The highest BCUT2D eigenvalue weighted by Gasteiger charge is 2.18. The van der Waals surface area contributed by atoms with Crippen LogP contribution in [0.1, 0.15) is 54.0 Å². The molecule has 2 N–H and O–H groups in total. The molecule has 0 unspecified atom stereocenters. The second-order valence-corrected chi connectivity index (χ2v) is 6.29. The smallest absolute Gasteiger partial charge is 0.273 e. The maximum Gasteiger partial charge on any atom is 0.273 e. The summed E-state index contributed by atoms with van der Waals surface area (Å²) in [4.78, 5) is 18.2. The molecule has 1 aromatic rings. The van der Waals surface area contributed by atoms with Gasteiger partial charge in [-0.2, -0.15) is 0 Å². The van der Waals surface area contributed by atoms with Crippen LogP contribution in [0.3, 0.4) is 0 Å². The van der Waals surface area contributed by atoms with Crippen molar-refractivity contribution in [2.24, 2.45) is 11.7 Å². The van der Waals surface area contributed by atoms with Gasteiger partial charge in [0, 0.05) is 25.5 Å². The highest BCUT2D eigenvalue weighted by Crippen LogP contribution is 2.26. The molecule has 1 amide bonds. The van der Waals surface area contributed by atoms with Crippen LogP contribution in [0.15, 0.2) is 5.38 Å². The molecule has 2 rings (SSSR count). The minimum Gasteiger partial charge on any atom is -0.340 e. The van der Waals surface area contributed by atoms with Crippen molar-refractivity contribution in [1.82, 2.24) is 9.88 Å². The summed E-state index contributed by atoms with van der Waals surface area (Å²) in [6, 6.07) is 0. The molecule has 1 aromatic heterocycles. The number of nitrogens with two attached hydrogens (primary N) is 1. The summed E-state index contributed by atoms with van der Waals surface area (Å²) in [6.07, 6.45) is 7.87. The number of halogens is 1. The van der Waals surface area contributed by atoms with Gasteiger partial charge >= 0.3 is 0 Å². The minimum absolute atomic E-state index is 0. The molecule has 4 nitrogen and oxygen atoms in total. The fourth-order valence-electron chi connectivity index (χ4n) is 2.65. The Morgan fingerprint density at radius 1 is 1.45 bits per heavy atom. The summed E-state index contributed by atoms with van der Waals surface area (Å²) in [7, 11) is 1.87. The van der Waals surface area contributed by atoms with Crippen molar-refractivity contribution in [1.29, 1.82) is 0 Å². The lowest BCUT2D eigenvalue weighted by atomic mass is 9.87. The molecule has 0 atom stereocenters. The number of hydrogen-bond acceptors (Lipinski definition) is 4. The van der Waals surface area contributed by atoms with Gasteiger partial charge in [0.25, 0.3) is 5.91 Å². The second-order valence-electron chi connectivity index (χ2n) is 5.35. The SMILES string of the molecule is CN(CCC1CCCCC1)C(=O)c1csc(CN)n1.Cl. The van der Waals surface area contributed by atoms with E-state index in [1.165, 1.54) is 43.4 Å². The molecule has 6 heteroatoms. The van der Waals surface area contributed by atoms with Crippen LogP contribution >= 0.6 is 23.7 Å². The molecule has 0 spiro atoms. The van der Waals surface area contributed by atoms with Crippen LogP contribution in [0.25, 0.3) is 0 Å². The molecule has 114 valence electrons. The number of rotatable bonds is 5. The van der Waals surface area contributed by atoms with Crippen LogP contribution in [0, 0.1) is 5.92 Å². The summed E-state index contributed by atoms with van der Waals surface area (Å²) < 4.78 is 0. The Morgan fingerprint density at radius 2 is 2.15 bits per heavy atom. The van der Waals surface area contributed by atoms with E-state index >= 15 is 0 Å². The lowest BCUT2D eigenvalue weighted by Crippen LogP contribution is -2.29. The lowest BCUT2D eigenvalue weighted by molar-refractivity contribution is 0.0778. The number of hydrogen-bond donors (Lipinski definition) is 1. The zero-order chi connectivity index (χ0) is 13.7. The monoisotopic (exact) mass is 317 g/mol. The number of nitrogens with zero attached hydrogens (tertiary/aromatic N) is 2. The number of carbonyl (C=O) groups is 1. The van der Waals surface area contributed by atoms with Crippen LogP contribution < -0.4 is 5.73 Å². The van der Waals surface area contributed by atoms with Gasteiger partial charge in [-0.25, -0.2) is 4.98 Å². The van der Waals surface area contributed by atoms with E-state index in [1.807, 2.05) is 12.4 Å². The second kappa shape index (κ2) is 8.60. The van der Waals surface area contributed by atoms with Crippen LogP contribution in [-0.2, 0) is 6.54 Å². The Hall–Kier alpha value is -0.650. The molecule has 20 heavy (non-hydrogen) atoms. The topological polar surface area (TPSA) is 59.2 Å². The first-order valence-electron chi connectivity index (χ1n) is 7.10. The summed E-state index contributed by atoms with van der Waals surface area (Å²) in [5, 5.41) is 2.63. The summed E-state index contributed by atoms with van der Waals surface area (Å²) in [6.45, 7) is 1.24. The lowest BCUT2D eigenvalue weighted by Gasteiger charge is -2.24. The van der Waals surface area contributed by atoms with Gasteiger partial charge in [0.1, 0.15) is 10.7 Å². The maximum atomic E-state index is 12.2. The minimum atomic E-state index is 0. The standard InChI is InChI=1S/C14H23N3OS.ClH/c1-17(8-7-11-5-3-2-4-6-11)14(18)12-10-19-13(9-15)16-12;/h10-11H,2-9,15H2,1H3;1H. The predicted molar refractivity (Wildman–Crippen MR) is 85.4 cm³/mol. The van der Waals surface area contributed by atoms with Crippen molar-refractivity contribution >= 4 is 29.7 Å². The highest BCUT2D eigenvalue weighted by molar-refractivity contribution is 7.09. The summed E-state index contributed by atoms with van der Waals surface area (Å²) >= 11 is 1.46. The Kier molecular flexibility index (Phi) is 7.48. The van der Waals surface area contributed by atoms with Gasteiger partial charge < -0.3 is 10.6 Å². The Balaban J connectivity index is 0.00000200. The zero-order valence-corrected chi connectivity index (χ0v) is 13.6. The molecule has 0 aliphatic heterocycles. The molecule has 1 heterocycles. The number of thiazole rings is 1. The van der Waals surface area contributed by atoms with Crippen molar-refractivity contribution in [3.63, 3.8) is 0 Å². The fraction of sp³-hybridized carbons (Fsp3) is 0.714. The van der Waals surface area contributed by atoms with Crippen LogP contribution in [-0.4, -0.2) is 29.4 Å². The summed E-state index contributed by atoms with van der Waals surface area (Å²) in [5.41, 5.74) is 6.06. The van der Waals surface area contributed by atoms with Crippen LogP contribution in [0.5, 0.6) is 0 Å². The molecule has 1 saturated carbocycles. The third kappa shape index (κ3) is 4.72. The molecule has 1 aliphatic carbocycles. The third-order valence-corrected chi connectivity index (χ3v) is 4.76. The van der Waals surface area contributed by atoms with Crippen molar-refractivity contribution in [2.75, 3.05) is 13.6 Å². The number of aromatic nitrogens is 1. The van der Waals surface area contributed by atoms with Gasteiger partial charge in [0.05, 0.1) is 0 Å². The normalized spacial score (nSPS) is 15.7. The first-order valence-corrected chi connectivity index (χ1v) is 7.98. The molecule has 1 fully saturated rings. The quantitative estimate of drug-likeness (QED) is 0.908. The first kappa shape index (κ1) is 17.4. The fourth-order valence-corrected chi connectivity index (χ4v) is 3.30. The Bertz CT molecular complexity index is 418. The van der Waals surface area contributed by atoms with Gasteiger partial charge in [-0.1, -0.05) is 32.1 Å². The van der Waals surface area contributed by atoms with Crippen molar-refractivity contribution in [3.8, 4) is 0 Å². The molecule has 0 bridgehead atoms. The predicted octanol–water partition coefficient (Wildman–Crippen LogP) is 3.07. The molecular weight excluding hydrogens is 294 g/mol. The van der Waals surface area contributed by atoms with Gasteiger partial charge in [-0.3, -0.25) is 4.79 Å². The van der Waals surface area contributed by atoms with E-state index in [-0.39, 0.29) is 18.3 Å². The highest BCUT2D eigenvalue weighted by atomic mass is 35.5. The van der Waals surface area contributed by atoms with Gasteiger partial charge in [0.15, 0.2) is 0 Å². The van der Waals surface area contributed by atoms with Gasteiger partial charge in [-0.15, -0.1) is 23.7 Å². The largest absolute Gasteiger partial charge is 0.340 e. The molecule has 1 aliphatic rings. The molecule has 0 saturated heterocycles. The average Bonchev–Trinajstić information content (AvgIpc) is 2.94. The third-order valence-electron chi connectivity index (χ3n) is 3.89. The molecular formula is C14H24ClN3OS. The van der Waals surface area contributed by atoms with E-state index in [2.05, 4.69) is 4.98 Å². The number of amides is 1. The molecule has 0 radical (unpaired) electrons. The van der Waals surface area contributed by atoms with E-state index in [1.54, 1.807) is 4.90 Å². The van der Waals surface area contributed by atoms with E-state index < -0.39 is 0 Å². The first-order chi connectivity index (χ1) is 9.20. The van der Waals surface area contributed by atoms with Crippen molar-refractivity contribution in [2.45, 2.75) is 45.1 Å². The molecule has 0 aromatic carbocycles. The van der Waals surface area contributed by atoms with E-state index in [0.717, 1.165) is 23.9 Å². The van der Waals surface area contributed by atoms with Crippen molar-refractivity contribution in [3.05, 3.63) is 16.1 Å². The van der Waals surface area contributed by atoms with Crippen molar-refractivity contribution < 1.29 is 4.79 Å². The van der Waals surface area contributed by atoms with E-state index in [9.17, 15) is 4.79 Å². The number of carbonyl (C=O) groups excluding carboxylic acids is 1. The van der Waals surface area contributed by atoms with Crippen LogP contribution in [0.2, 0.25) is 0 Å². The van der Waals surface area contributed by atoms with Gasteiger partial charge in [-0.05, 0) is 12.3 Å². The summed E-state index contributed by atoms with van der Waals surface area (Å²) in [5.74, 6) is 0.825. The zero-order valence-electron chi connectivity index (χ0n) is 12.0.